The van der Waals surface area contributed by atoms with Crippen LogP contribution in [0.15, 0.2) is 0 Å². The average molecular weight is 183 g/mol. The molecule has 0 rings (SSSR count). The van der Waals surface area contributed by atoms with E-state index < -0.39 is 13.5 Å². The minimum atomic E-state index is -1.32. The lowest BCUT2D eigenvalue weighted by Gasteiger charge is -2.26. The zero-order valence-corrected chi connectivity index (χ0v) is 9.56. The molecule has 0 spiro atoms. The average Bonchev–Trinajstić information content (AvgIpc) is 1.83. The number of hydrogen-bond donors (Lipinski definition) is 0. The number of nitriles is 1. The van der Waals surface area contributed by atoms with E-state index in [0.717, 1.165) is 6.04 Å². The van der Waals surface area contributed by atoms with Crippen molar-refractivity contribution in [1.82, 2.24) is 0 Å². The normalized spacial score (nSPS) is 16.3. The van der Waals surface area contributed by atoms with Gasteiger partial charge in [-0.05, 0) is 19.9 Å². The predicted molar refractivity (Wildman–Crippen MR) is 52.6 cm³/mol. The largest absolute Gasteiger partial charge is 0.298 e. The molecule has 0 N–H and O–H groups in total. The van der Waals surface area contributed by atoms with Crippen LogP contribution in [-0.2, 0) is 4.79 Å². The number of ketones is 1. The highest BCUT2D eigenvalue weighted by Crippen LogP contribution is 2.28. The van der Waals surface area contributed by atoms with Gasteiger partial charge in [0.15, 0.2) is 0 Å². The Morgan fingerprint density at radius 3 is 2.00 bits per heavy atom. The highest BCUT2D eigenvalue weighted by molar-refractivity contribution is 6.76. The predicted octanol–water partition coefficient (Wildman–Crippen LogP) is 2.44. The van der Waals surface area contributed by atoms with Crippen molar-refractivity contribution < 1.29 is 4.79 Å². The van der Waals surface area contributed by atoms with E-state index in [4.69, 9.17) is 5.26 Å². The first-order valence-corrected chi connectivity index (χ1v) is 7.84. The second-order valence-electron chi connectivity index (χ2n) is 4.74. The summed E-state index contributed by atoms with van der Waals surface area (Å²) in [7, 11) is -1.32. The number of Topliss-reactive ketones (excluding diaryl/α,β-unsaturated/α-hetero) is 1. The number of hydrogen-bond acceptors (Lipinski definition) is 2. The molecular weight excluding hydrogens is 166 g/mol. The van der Waals surface area contributed by atoms with E-state index in [1.807, 2.05) is 0 Å². The molecule has 0 saturated heterocycles. The Hall–Kier alpha value is -0.623. The van der Waals surface area contributed by atoms with Crippen molar-refractivity contribution in [2.24, 2.45) is 5.41 Å². The summed E-state index contributed by atoms with van der Waals surface area (Å²) in [4.78, 5) is 11.2. The Labute approximate surface area is 75.6 Å². The molecule has 0 aliphatic heterocycles. The zero-order valence-electron chi connectivity index (χ0n) is 8.56. The Balaban J connectivity index is 4.61. The smallest absolute Gasteiger partial charge is 0.149 e. The van der Waals surface area contributed by atoms with Crippen molar-refractivity contribution in [3.63, 3.8) is 0 Å². The first-order valence-electron chi connectivity index (χ1n) is 4.13. The Kier molecular flexibility index (Phi) is 3.23. The molecule has 0 aromatic rings. The molecule has 0 radical (unpaired) electrons. The third-order valence-corrected chi connectivity index (χ3v) is 3.68. The summed E-state index contributed by atoms with van der Waals surface area (Å²) >= 11 is 0. The molecular formula is C9H17NOSi. The van der Waals surface area contributed by atoms with E-state index in [9.17, 15) is 4.79 Å². The van der Waals surface area contributed by atoms with Gasteiger partial charge in [0.2, 0.25) is 0 Å². The topological polar surface area (TPSA) is 40.9 Å². The lowest BCUT2D eigenvalue weighted by atomic mass is 9.91. The van der Waals surface area contributed by atoms with E-state index in [0.29, 0.717) is 0 Å². The van der Waals surface area contributed by atoms with Crippen molar-refractivity contribution in [3.05, 3.63) is 0 Å². The lowest BCUT2D eigenvalue weighted by molar-refractivity contribution is -0.122. The van der Waals surface area contributed by atoms with Crippen LogP contribution in [0.5, 0.6) is 0 Å². The monoisotopic (exact) mass is 183 g/mol. The molecule has 1 unspecified atom stereocenters. The van der Waals surface area contributed by atoms with Crippen molar-refractivity contribution in [3.8, 4) is 6.07 Å². The second kappa shape index (κ2) is 3.40. The van der Waals surface area contributed by atoms with Crippen LogP contribution in [0.25, 0.3) is 0 Å². The molecule has 12 heavy (non-hydrogen) atoms. The highest BCUT2D eigenvalue weighted by Gasteiger charge is 2.35. The van der Waals surface area contributed by atoms with Crippen molar-refractivity contribution in [1.29, 1.82) is 5.26 Å². The molecule has 0 fully saturated rings. The van der Waals surface area contributed by atoms with Gasteiger partial charge < -0.3 is 0 Å². The summed E-state index contributed by atoms with van der Waals surface area (Å²) in [6.07, 6.45) is 0. The molecule has 0 amide bonds. The number of rotatable bonds is 3. The lowest BCUT2D eigenvalue weighted by Crippen LogP contribution is -2.34. The van der Waals surface area contributed by atoms with Gasteiger partial charge in [0.05, 0.1) is 6.07 Å². The third-order valence-electron chi connectivity index (χ3n) is 1.91. The molecule has 0 aromatic carbocycles. The quantitative estimate of drug-likeness (QED) is 0.631. The van der Waals surface area contributed by atoms with Crippen LogP contribution in [0, 0.1) is 16.7 Å². The second-order valence-corrected chi connectivity index (χ2v) is 10.2. The van der Waals surface area contributed by atoms with Gasteiger partial charge in [-0.3, -0.25) is 4.79 Å². The summed E-state index contributed by atoms with van der Waals surface area (Å²) in [5.74, 6) is -0.00701. The Morgan fingerprint density at radius 2 is 1.92 bits per heavy atom. The van der Waals surface area contributed by atoms with Gasteiger partial charge in [0.25, 0.3) is 0 Å². The maximum atomic E-state index is 11.2. The Morgan fingerprint density at radius 1 is 1.50 bits per heavy atom. The summed E-state index contributed by atoms with van der Waals surface area (Å²) < 4.78 is 0. The van der Waals surface area contributed by atoms with Crippen molar-refractivity contribution in [2.45, 2.75) is 39.5 Å². The maximum Gasteiger partial charge on any atom is 0.149 e. The van der Waals surface area contributed by atoms with E-state index >= 15 is 0 Å². The van der Waals surface area contributed by atoms with Crippen LogP contribution in [-0.4, -0.2) is 13.9 Å². The molecule has 2 nitrogen and oxygen atoms in total. The summed E-state index contributed by atoms with van der Waals surface area (Å²) in [5, 5.41) is 8.87. The zero-order chi connectivity index (χ0) is 9.99. The summed E-state index contributed by atoms with van der Waals surface area (Å²) in [6.45, 7) is 9.76. The van der Waals surface area contributed by atoms with Gasteiger partial charge in [-0.2, -0.15) is 5.26 Å². The van der Waals surface area contributed by atoms with Gasteiger partial charge in [-0.1, -0.05) is 19.6 Å². The van der Waals surface area contributed by atoms with Gasteiger partial charge in [0, 0.05) is 8.07 Å². The van der Waals surface area contributed by atoms with Crippen LogP contribution in [0.4, 0.5) is 0 Å². The van der Waals surface area contributed by atoms with Gasteiger partial charge >= 0.3 is 0 Å². The fourth-order valence-corrected chi connectivity index (χ4v) is 3.75. The molecule has 0 aliphatic carbocycles. The molecule has 1 atom stereocenters. The standard InChI is InChI=1S/C9H17NOSi/c1-8(11)9(2,6-10)7-12(3,4)5/h7H2,1-5H3. The molecule has 0 saturated carbocycles. The van der Waals surface area contributed by atoms with Crippen LogP contribution < -0.4 is 0 Å². The Bertz CT molecular complexity index is 224. The SMILES string of the molecule is CC(=O)C(C)(C#N)C[Si](C)(C)C. The first-order chi connectivity index (χ1) is 5.21. The van der Waals surface area contributed by atoms with Crippen LogP contribution in [0.3, 0.4) is 0 Å². The minimum absolute atomic E-state index is 0.00701. The molecule has 68 valence electrons. The van der Waals surface area contributed by atoms with Crippen molar-refractivity contribution in [2.75, 3.05) is 0 Å². The molecule has 0 aromatic heterocycles. The van der Waals surface area contributed by atoms with Crippen LogP contribution in [0.2, 0.25) is 25.7 Å². The number of nitrogens with zero attached hydrogens (tertiary/aromatic N) is 1. The van der Waals surface area contributed by atoms with E-state index in [1.54, 1.807) is 6.92 Å². The third kappa shape index (κ3) is 3.18. The molecule has 0 aliphatic rings. The first kappa shape index (κ1) is 11.4. The van der Waals surface area contributed by atoms with Gasteiger partial charge in [-0.25, -0.2) is 0 Å². The summed E-state index contributed by atoms with van der Waals surface area (Å²) in [6, 6.07) is 2.88. The van der Waals surface area contributed by atoms with E-state index in [1.165, 1.54) is 6.92 Å². The fraction of sp³-hybridized carbons (Fsp3) is 0.778. The minimum Gasteiger partial charge on any atom is -0.298 e. The molecule has 0 bridgehead atoms. The van der Waals surface area contributed by atoms with Crippen LogP contribution >= 0.6 is 0 Å². The number of carbonyl (C=O) groups is 1. The maximum absolute atomic E-state index is 11.2. The number of carbonyl (C=O) groups excluding carboxylic acids is 1. The van der Waals surface area contributed by atoms with E-state index in [-0.39, 0.29) is 5.78 Å². The molecule has 3 heteroatoms. The van der Waals surface area contributed by atoms with Crippen molar-refractivity contribution >= 4 is 13.9 Å². The van der Waals surface area contributed by atoms with E-state index in [2.05, 4.69) is 25.7 Å². The van der Waals surface area contributed by atoms with Crippen LogP contribution in [0.1, 0.15) is 13.8 Å². The highest BCUT2D eigenvalue weighted by atomic mass is 28.3. The van der Waals surface area contributed by atoms with Gasteiger partial charge in [-0.15, -0.1) is 0 Å². The van der Waals surface area contributed by atoms with Gasteiger partial charge in [0.1, 0.15) is 11.2 Å². The summed E-state index contributed by atoms with van der Waals surface area (Å²) in [5.41, 5.74) is -0.746. The fourth-order valence-electron chi connectivity index (χ4n) is 1.30. The molecule has 0 heterocycles.